The van der Waals surface area contributed by atoms with Crippen molar-refractivity contribution < 1.29 is 0 Å². The first-order valence-corrected chi connectivity index (χ1v) is 3.89. The van der Waals surface area contributed by atoms with Crippen LogP contribution >= 0.6 is 0 Å². The Morgan fingerprint density at radius 3 is 2.00 bits per heavy atom. The lowest BCUT2D eigenvalue weighted by atomic mass is 10.3. The molecule has 0 rings (SSSR count). The zero-order valence-corrected chi connectivity index (χ0v) is 8.10. The largest absolute Gasteiger partial charge is 0.304 e. The summed E-state index contributed by atoms with van der Waals surface area (Å²) in [5.74, 6) is 0. The average molecular weight is 154 g/mol. The highest BCUT2D eigenvalue weighted by Crippen LogP contribution is 1.81. The Morgan fingerprint density at radius 1 is 1.27 bits per heavy atom. The van der Waals surface area contributed by atoms with E-state index in [2.05, 4.69) is 4.99 Å². The fourth-order valence-electron chi connectivity index (χ4n) is 0.283. The van der Waals surface area contributed by atoms with E-state index < -0.39 is 0 Å². The second-order valence-electron chi connectivity index (χ2n) is 1.82. The number of rotatable bonds is 2. The molecule has 0 spiro atoms. The SMILES string of the molecule is C/C=C\N=C(C)C(C)=N.CC. The Kier molecular flexibility index (Phi) is 10.5. The third-order valence-corrected chi connectivity index (χ3v) is 0.960. The first-order valence-electron chi connectivity index (χ1n) is 3.89. The van der Waals surface area contributed by atoms with Gasteiger partial charge >= 0.3 is 0 Å². The van der Waals surface area contributed by atoms with E-state index in [0.717, 1.165) is 5.71 Å². The molecule has 0 bridgehead atoms. The van der Waals surface area contributed by atoms with E-state index in [1.807, 2.05) is 33.8 Å². The van der Waals surface area contributed by atoms with Crippen LogP contribution in [0.25, 0.3) is 0 Å². The van der Waals surface area contributed by atoms with Crippen LogP contribution in [0.2, 0.25) is 0 Å². The molecule has 0 aromatic heterocycles. The first-order chi connectivity index (χ1) is 5.18. The van der Waals surface area contributed by atoms with Gasteiger partial charge in [0, 0.05) is 11.9 Å². The van der Waals surface area contributed by atoms with Crippen molar-refractivity contribution in [2.75, 3.05) is 0 Å². The van der Waals surface area contributed by atoms with E-state index >= 15 is 0 Å². The lowest BCUT2D eigenvalue weighted by Crippen LogP contribution is -2.01. The van der Waals surface area contributed by atoms with Crippen molar-refractivity contribution >= 4 is 11.4 Å². The fourth-order valence-corrected chi connectivity index (χ4v) is 0.283. The van der Waals surface area contributed by atoms with E-state index in [4.69, 9.17) is 5.41 Å². The predicted molar refractivity (Wildman–Crippen MR) is 52.7 cm³/mol. The van der Waals surface area contributed by atoms with E-state index in [-0.39, 0.29) is 0 Å². The molecule has 2 heteroatoms. The Labute approximate surface area is 69.6 Å². The maximum absolute atomic E-state index is 7.11. The second kappa shape index (κ2) is 9.08. The van der Waals surface area contributed by atoms with Crippen LogP contribution in [0.15, 0.2) is 17.3 Å². The van der Waals surface area contributed by atoms with Gasteiger partial charge in [-0.1, -0.05) is 19.9 Å². The minimum Gasteiger partial charge on any atom is -0.304 e. The minimum atomic E-state index is 0.521. The van der Waals surface area contributed by atoms with Crippen molar-refractivity contribution in [1.82, 2.24) is 0 Å². The van der Waals surface area contributed by atoms with Gasteiger partial charge in [0.1, 0.15) is 0 Å². The number of nitrogens with one attached hydrogen (secondary N) is 1. The highest BCUT2D eigenvalue weighted by molar-refractivity contribution is 6.39. The molecular formula is C9H18N2. The first kappa shape index (κ1) is 12.7. The van der Waals surface area contributed by atoms with Crippen molar-refractivity contribution in [3.8, 4) is 0 Å². The minimum absolute atomic E-state index is 0.521. The van der Waals surface area contributed by atoms with E-state index in [9.17, 15) is 0 Å². The summed E-state index contributed by atoms with van der Waals surface area (Å²) >= 11 is 0. The average Bonchev–Trinajstić information content (AvgIpc) is 2.03. The maximum Gasteiger partial charge on any atom is 0.0576 e. The predicted octanol–water partition coefficient (Wildman–Crippen LogP) is 3.05. The van der Waals surface area contributed by atoms with Crippen LogP contribution in [-0.4, -0.2) is 11.4 Å². The number of hydrogen-bond donors (Lipinski definition) is 1. The molecule has 0 aliphatic carbocycles. The molecule has 0 saturated carbocycles. The summed E-state index contributed by atoms with van der Waals surface area (Å²) < 4.78 is 0. The number of allylic oxidation sites excluding steroid dienone is 1. The molecule has 0 heterocycles. The molecule has 0 radical (unpaired) electrons. The van der Waals surface area contributed by atoms with Gasteiger partial charge in [0.05, 0.1) is 5.71 Å². The summed E-state index contributed by atoms with van der Waals surface area (Å²) in [4.78, 5) is 3.95. The van der Waals surface area contributed by atoms with Gasteiger partial charge in [0.25, 0.3) is 0 Å². The zero-order chi connectivity index (χ0) is 9.28. The molecule has 0 amide bonds. The summed E-state index contributed by atoms with van der Waals surface area (Å²) in [5.41, 5.74) is 1.29. The summed E-state index contributed by atoms with van der Waals surface area (Å²) in [7, 11) is 0. The van der Waals surface area contributed by atoms with Crippen LogP contribution < -0.4 is 0 Å². The number of nitrogens with zero attached hydrogens (tertiary/aromatic N) is 1. The molecule has 64 valence electrons. The molecule has 0 saturated heterocycles. The monoisotopic (exact) mass is 154 g/mol. The van der Waals surface area contributed by atoms with Crippen LogP contribution in [0, 0.1) is 5.41 Å². The van der Waals surface area contributed by atoms with Crippen molar-refractivity contribution in [2.24, 2.45) is 4.99 Å². The summed E-state index contributed by atoms with van der Waals surface area (Å²) in [6.45, 7) is 9.45. The number of hydrogen-bond acceptors (Lipinski definition) is 2. The highest BCUT2D eigenvalue weighted by Gasteiger charge is 1.87. The Balaban J connectivity index is 0. The van der Waals surface area contributed by atoms with Gasteiger partial charge in [-0.05, 0) is 20.8 Å². The van der Waals surface area contributed by atoms with Crippen LogP contribution in [0.5, 0.6) is 0 Å². The van der Waals surface area contributed by atoms with Gasteiger partial charge < -0.3 is 5.41 Å². The summed E-state index contributed by atoms with van der Waals surface area (Å²) in [6, 6.07) is 0. The topological polar surface area (TPSA) is 36.2 Å². The molecule has 0 aliphatic heterocycles. The van der Waals surface area contributed by atoms with Crippen LogP contribution in [0.4, 0.5) is 0 Å². The Bertz CT molecular complexity index is 155. The van der Waals surface area contributed by atoms with Gasteiger partial charge in [0.2, 0.25) is 0 Å². The van der Waals surface area contributed by atoms with Crippen molar-refractivity contribution in [3.63, 3.8) is 0 Å². The molecule has 2 nitrogen and oxygen atoms in total. The molecule has 0 aromatic rings. The lowest BCUT2D eigenvalue weighted by molar-refractivity contribution is 1.46. The van der Waals surface area contributed by atoms with E-state index in [0.29, 0.717) is 5.71 Å². The molecular weight excluding hydrogens is 136 g/mol. The van der Waals surface area contributed by atoms with Gasteiger partial charge in [0.15, 0.2) is 0 Å². The third-order valence-electron chi connectivity index (χ3n) is 0.960. The molecule has 0 aromatic carbocycles. The maximum atomic E-state index is 7.11. The fraction of sp³-hybridized carbons (Fsp3) is 0.556. The van der Waals surface area contributed by atoms with Crippen LogP contribution in [0.1, 0.15) is 34.6 Å². The summed E-state index contributed by atoms with van der Waals surface area (Å²) in [6.07, 6.45) is 3.53. The van der Waals surface area contributed by atoms with Gasteiger partial charge in [-0.25, -0.2) is 0 Å². The Morgan fingerprint density at radius 2 is 1.73 bits per heavy atom. The van der Waals surface area contributed by atoms with Crippen molar-refractivity contribution in [3.05, 3.63) is 12.3 Å². The smallest absolute Gasteiger partial charge is 0.0576 e. The molecule has 1 N–H and O–H groups in total. The van der Waals surface area contributed by atoms with Crippen LogP contribution in [-0.2, 0) is 0 Å². The summed E-state index contributed by atoms with van der Waals surface area (Å²) in [5, 5.41) is 7.11. The molecule has 11 heavy (non-hydrogen) atoms. The Hall–Kier alpha value is -0.920. The van der Waals surface area contributed by atoms with Gasteiger partial charge in [-0.3, -0.25) is 4.99 Å². The molecule has 0 atom stereocenters. The molecule has 0 aliphatic rings. The van der Waals surface area contributed by atoms with Crippen molar-refractivity contribution in [1.29, 1.82) is 5.41 Å². The highest BCUT2D eigenvalue weighted by atomic mass is 14.7. The van der Waals surface area contributed by atoms with Gasteiger partial charge in [-0.15, -0.1) is 0 Å². The van der Waals surface area contributed by atoms with E-state index in [1.54, 1.807) is 13.1 Å². The van der Waals surface area contributed by atoms with Crippen LogP contribution in [0.3, 0.4) is 0 Å². The molecule has 0 fully saturated rings. The quantitative estimate of drug-likeness (QED) is 0.593. The standard InChI is InChI=1S/C7H12N2.C2H6/c1-4-5-9-7(3)6(2)8;1-2/h4-5,8H,1-3H3;1-2H3/b5-4-,8-6?,9-7?;. The second-order valence-corrected chi connectivity index (χ2v) is 1.82. The lowest BCUT2D eigenvalue weighted by Gasteiger charge is -1.89. The molecule has 0 unspecified atom stereocenters. The number of aliphatic imine (C=N–C) groups is 1. The van der Waals surface area contributed by atoms with E-state index in [1.165, 1.54) is 0 Å². The zero-order valence-electron chi connectivity index (χ0n) is 8.10. The van der Waals surface area contributed by atoms with Gasteiger partial charge in [-0.2, -0.15) is 0 Å². The van der Waals surface area contributed by atoms with Crippen molar-refractivity contribution in [2.45, 2.75) is 34.6 Å². The third kappa shape index (κ3) is 9.08. The normalized spacial score (nSPS) is 10.8.